The first-order chi connectivity index (χ1) is 23.0. The lowest BCUT2D eigenvalue weighted by Gasteiger charge is -2.34. The molecular weight excluding hydrogens is 680 g/mol. The van der Waals surface area contributed by atoms with Gasteiger partial charge in [0.25, 0.3) is 10.0 Å². The fourth-order valence-corrected chi connectivity index (χ4v) is 6.96. The van der Waals surface area contributed by atoms with Crippen molar-refractivity contribution in [3.05, 3.63) is 118 Å². The van der Waals surface area contributed by atoms with Crippen LogP contribution in [0.5, 0.6) is 11.5 Å². The van der Waals surface area contributed by atoms with Crippen LogP contribution in [0.2, 0.25) is 10.0 Å². The van der Waals surface area contributed by atoms with E-state index < -0.39 is 40.2 Å². The van der Waals surface area contributed by atoms with Gasteiger partial charge >= 0.3 is 0 Å². The molecular formula is C35H36Cl2FN3O6S. The second-order valence-electron chi connectivity index (χ2n) is 10.7. The van der Waals surface area contributed by atoms with Gasteiger partial charge in [0.15, 0.2) is 11.5 Å². The average molecular weight is 717 g/mol. The predicted molar refractivity (Wildman–Crippen MR) is 185 cm³/mol. The first-order valence-corrected chi connectivity index (χ1v) is 17.2. The minimum Gasteiger partial charge on any atom is -0.493 e. The van der Waals surface area contributed by atoms with Crippen LogP contribution in [0.1, 0.15) is 24.5 Å². The zero-order chi connectivity index (χ0) is 34.8. The van der Waals surface area contributed by atoms with Crippen molar-refractivity contribution in [3.8, 4) is 11.5 Å². The third-order valence-corrected chi connectivity index (χ3v) is 10.0. The van der Waals surface area contributed by atoms with Crippen LogP contribution in [0.15, 0.2) is 95.9 Å². The van der Waals surface area contributed by atoms with Crippen LogP contribution in [0.4, 0.5) is 10.1 Å². The summed E-state index contributed by atoms with van der Waals surface area (Å²) in [5, 5.41) is 3.41. The number of sulfonamides is 1. The summed E-state index contributed by atoms with van der Waals surface area (Å²) in [7, 11) is -1.71. The van der Waals surface area contributed by atoms with Crippen LogP contribution in [0, 0.1) is 5.82 Å². The van der Waals surface area contributed by atoms with E-state index in [2.05, 4.69) is 5.32 Å². The Bertz CT molecular complexity index is 1810. The largest absolute Gasteiger partial charge is 0.493 e. The second kappa shape index (κ2) is 16.7. The third-order valence-electron chi connectivity index (χ3n) is 7.55. The van der Waals surface area contributed by atoms with Crippen molar-refractivity contribution in [2.24, 2.45) is 0 Å². The van der Waals surface area contributed by atoms with E-state index >= 15 is 0 Å². The highest BCUT2D eigenvalue weighted by molar-refractivity contribution is 7.92. The molecule has 13 heteroatoms. The molecule has 0 aromatic heterocycles. The number of rotatable bonds is 15. The van der Waals surface area contributed by atoms with E-state index in [1.807, 2.05) is 37.3 Å². The Kier molecular flexibility index (Phi) is 12.7. The lowest BCUT2D eigenvalue weighted by molar-refractivity contribution is -0.140. The van der Waals surface area contributed by atoms with Crippen LogP contribution in [0.3, 0.4) is 0 Å². The molecule has 0 aliphatic carbocycles. The quantitative estimate of drug-likeness (QED) is 0.151. The van der Waals surface area contributed by atoms with E-state index in [0.717, 1.165) is 22.0 Å². The number of amides is 2. The maximum Gasteiger partial charge on any atom is 0.264 e. The molecule has 0 fully saturated rings. The van der Waals surface area contributed by atoms with Crippen LogP contribution in [-0.4, -0.2) is 58.5 Å². The molecule has 0 spiro atoms. The number of anilines is 1. The lowest BCUT2D eigenvalue weighted by atomic mass is 10.0. The standard InChI is InChI=1S/C35H36Cl2FN3O6S/c1-4-19-39-35(43)31(20-24-9-6-5-7-10-24)40(22-28-29(36)11-8-12-30(28)37)34(42)23-41(26-15-13-25(38)14-16-26)48(44,45)27-17-18-32(46-2)33(21-27)47-3/h5-18,21,31H,4,19-20,22-23H2,1-3H3,(H,39,43)/t31-/m1/s1. The Morgan fingerprint density at radius 1 is 0.875 bits per heavy atom. The summed E-state index contributed by atoms with van der Waals surface area (Å²) in [4.78, 5) is 29.4. The molecule has 9 nitrogen and oxygen atoms in total. The minimum atomic E-state index is -4.49. The number of halogens is 3. The van der Waals surface area contributed by atoms with Gasteiger partial charge in [-0.15, -0.1) is 0 Å². The van der Waals surface area contributed by atoms with Gasteiger partial charge in [0, 0.05) is 41.2 Å². The molecule has 4 rings (SSSR count). The summed E-state index contributed by atoms with van der Waals surface area (Å²) in [5.41, 5.74) is 1.17. The minimum absolute atomic E-state index is 0.0188. The normalized spacial score (nSPS) is 11.8. The maximum absolute atomic E-state index is 14.6. The smallest absolute Gasteiger partial charge is 0.264 e. The van der Waals surface area contributed by atoms with Crippen LogP contribution >= 0.6 is 23.2 Å². The monoisotopic (exact) mass is 715 g/mol. The predicted octanol–water partition coefficient (Wildman–Crippen LogP) is 6.51. The number of hydrogen-bond acceptors (Lipinski definition) is 6. The van der Waals surface area contributed by atoms with Gasteiger partial charge in [-0.1, -0.05) is 66.5 Å². The van der Waals surface area contributed by atoms with Crippen molar-refractivity contribution >= 4 is 50.7 Å². The number of carbonyl (C=O) groups excluding carboxylic acids is 2. The molecule has 0 unspecified atom stereocenters. The van der Waals surface area contributed by atoms with E-state index in [1.54, 1.807) is 18.2 Å². The van der Waals surface area contributed by atoms with Crippen molar-refractivity contribution in [1.82, 2.24) is 10.2 Å². The molecule has 4 aromatic carbocycles. The summed E-state index contributed by atoms with van der Waals surface area (Å²) in [6.45, 7) is 1.30. The highest BCUT2D eigenvalue weighted by Gasteiger charge is 2.35. The Morgan fingerprint density at radius 3 is 2.12 bits per heavy atom. The van der Waals surface area contributed by atoms with E-state index in [9.17, 15) is 22.4 Å². The number of hydrogen-bond donors (Lipinski definition) is 1. The Balaban J connectivity index is 1.85. The number of ether oxygens (including phenoxy) is 2. The molecule has 0 saturated heterocycles. The summed E-state index contributed by atoms with van der Waals surface area (Å²) >= 11 is 13.1. The van der Waals surface area contributed by atoms with Crippen molar-refractivity contribution in [2.45, 2.75) is 37.2 Å². The molecule has 2 amide bonds. The highest BCUT2D eigenvalue weighted by atomic mass is 35.5. The Morgan fingerprint density at radius 2 is 1.52 bits per heavy atom. The van der Waals surface area contributed by atoms with E-state index in [-0.39, 0.29) is 39.3 Å². The third kappa shape index (κ3) is 8.77. The van der Waals surface area contributed by atoms with Gasteiger partial charge in [-0.05, 0) is 60.5 Å². The molecule has 48 heavy (non-hydrogen) atoms. The lowest BCUT2D eigenvalue weighted by Crippen LogP contribution is -2.53. The summed E-state index contributed by atoms with van der Waals surface area (Å²) in [5.74, 6) is -1.32. The molecule has 1 atom stereocenters. The molecule has 0 bridgehead atoms. The van der Waals surface area contributed by atoms with Crippen LogP contribution in [0.25, 0.3) is 0 Å². The average Bonchev–Trinajstić information content (AvgIpc) is 3.09. The number of carbonyl (C=O) groups is 2. The summed E-state index contributed by atoms with van der Waals surface area (Å²) < 4.78 is 54.1. The first-order valence-electron chi connectivity index (χ1n) is 15.0. The van der Waals surface area contributed by atoms with Crippen molar-refractivity contribution < 1.29 is 31.9 Å². The van der Waals surface area contributed by atoms with Crippen LogP contribution in [-0.2, 0) is 32.6 Å². The molecule has 0 saturated carbocycles. The van der Waals surface area contributed by atoms with Gasteiger partial charge < -0.3 is 19.7 Å². The fourth-order valence-electron chi connectivity index (χ4n) is 5.01. The molecule has 1 N–H and O–H groups in total. The number of nitrogens with zero attached hydrogens (tertiary/aromatic N) is 2. The molecule has 0 heterocycles. The molecule has 0 aliphatic heterocycles. The van der Waals surface area contributed by atoms with Crippen molar-refractivity contribution in [1.29, 1.82) is 0 Å². The number of nitrogens with one attached hydrogen (secondary N) is 1. The molecule has 4 aromatic rings. The summed E-state index contributed by atoms with van der Waals surface area (Å²) in [6.07, 6.45) is 0.763. The van der Waals surface area contributed by atoms with Gasteiger partial charge in [-0.2, -0.15) is 0 Å². The van der Waals surface area contributed by atoms with Gasteiger partial charge in [0.05, 0.1) is 24.8 Å². The molecule has 254 valence electrons. The van der Waals surface area contributed by atoms with E-state index in [4.69, 9.17) is 32.7 Å². The molecule has 0 aliphatic rings. The second-order valence-corrected chi connectivity index (χ2v) is 13.4. The Hall–Kier alpha value is -4.32. The van der Waals surface area contributed by atoms with Crippen LogP contribution < -0.4 is 19.1 Å². The van der Waals surface area contributed by atoms with E-state index in [0.29, 0.717) is 24.3 Å². The van der Waals surface area contributed by atoms with Crippen molar-refractivity contribution in [3.63, 3.8) is 0 Å². The number of benzene rings is 4. The fraction of sp³-hybridized carbons (Fsp3) is 0.257. The molecule has 0 radical (unpaired) electrons. The van der Waals surface area contributed by atoms with E-state index in [1.165, 1.54) is 49.5 Å². The summed E-state index contributed by atoms with van der Waals surface area (Å²) in [6, 6.07) is 21.6. The zero-order valence-corrected chi connectivity index (χ0v) is 29.0. The zero-order valence-electron chi connectivity index (χ0n) is 26.7. The van der Waals surface area contributed by atoms with Gasteiger partial charge in [-0.3, -0.25) is 13.9 Å². The first kappa shape index (κ1) is 36.5. The van der Waals surface area contributed by atoms with Gasteiger partial charge in [0.1, 0.15) is 18.4 Å². The maximum atomic E-state index is 14.6. The SMILES string of the molecule is CCCNC(=O)[C@@H](Cc1ccccc1)N(Cc1c(Cl)cccc1Cl)C(=O)CN(c1ccc(F)cc1)S(=O)(=O)c1ccc(OC)c(OC)c1. The van der Waals surface area contributed by atoms with Gasteiger partial charge in [0.2, 0.25) is 11.8 Å². The van der Waals surface area contributed by atoms with Gasteiger partial charge in [-0.25, -0.2) is 12.8 Å². The topological polar surface area (TPSA) is 105 Å². The Labute approximate surface area is 290 Å². The number of methoxy groups -OCH3 is 2. The van der Waals surface area contributed by atoms with Crippen molar-refractivity contribution in [2.75, 3.05) is 31.6 Å². The highest BCUT2D eigenvalue weighted by Crippen LogP contribution is 2.33.